The van der Waals surface area contributed by atoms with E-state index in [1.165, 1.54) is 0 Å². The molecule has 2 fully saturated rings. The predicted octanol–water partition coefficient (Wildman–Crippen LogP) is 4.26. The monoisotopic (exact) mass is 464 g/mol. The van der Waals surface area contributed by atoms with Crippen LogP contribution in [0.3, 0.4) is 0 Å². The van der Waals surface area contributed by atoms with E-state index in [0.717, 1.165) is 54.6 Å². The average molecular weight is 465 g/mol. The number of benzene rings is 1. The van der Waals surface area contributed by atoms with Crippen LogP contribution in [0.5, 0.6) is 11.5 Å². The number of anilines is 1. The molecule has 2 aliphatic rings. The fourth-order valence-electron chi connectivity index (χ4n) is 4.77. The Morgan fingerprint density at radius 1 is 1.15 bits per heavy atom. The summed E-state index contributed by atoms with van der Waals surface area (Å²) >= 11 is 5.88. The number of pyridine rings is 1. The van der Waals surface area contributed by atoms with Crippen molar-refractivity contribution in [3.63, 3.8) is 0 Å². The maximum absolute atomic E-state index is 5.93. The molecule has 2 saturated heterocycles. The van der Waals surface area contributed by atoms with E-state index in [0.29, 0.717) is 5.11 Å². The highest BCUT2D eigenvalue weighted by Gasteiger charge is 2.43. The van der Waals surface area contributed by atoms with Gasteiger partial charge in [-0.3, -0.25) is 4.98 Å². The minimum absolute atomic E-state index is 0.132. The lowest BCUT2D eigenvalue weighted by atomic mass is 10.0. The minimum atomic E-state index is -0.134. The standard InChI is InChI=1S/C25H28N4O3S/c1-30-17-10-11-22(31-2)21(15-17)29-24(23(27-25(29)33)19-8-3-4-12-26-19)20-9-5-13-28(20)16-18-7-6-14-32-18/h3-5,8-13,15,18,23-24H,6-7,14,16H2,1-2H3,(H,27,33)/t18-,23+,24+/m0/s1. The maximum Gasteiger partial charge on any atom is 0.174 e. The third kappa shape index (κ3) is 4.16. The van der Waals surface area contributed by atoms with E-state index in [4.69, 9.17) is 26.4 Å². The summed E-state index contributed by atoms with van der Waals surface area (Å²) in [5.41, 5.74) is 2.92. The highest BCUT2D eigenvalue weighted by atomic mass is 32.1. The zero-order chi connectivity index (χ0) is 22.8. The predicted molar refractivity (Wildman–Crippen MR) is 131 cm³/mol. The van der Waals surface area contributed by atoms with Gasteiger partial charge < -0.3 is 29.0 Å². The molecule has 3 aromatic rings. The Labute approximate surface area is 199 Å². The number of ether oxygens (including phenoxy) is 3. The smallest absolute Gasteiger partial charge is 0.174 e. The van der Waals surface area contributed by atoms with Crippen molar-refractivity contribution in [2.24, 2.45) is 0 Å². The highest BCUT2D eigenvalue weighted by molar-refractivity contribution is 7.80. The molecule has 2 aliphatic heterocycles. The summed E-state index contributed by atoms with van der Waals surface area (Å²) in [5.74, 6) is 1.47. The van der Waals surface area contributed by atoms with Crippen LogP contribution >= 0.6 is 12.2 Å². The zero-order valence-corrected chi connectivity index (χ0v) is 19.6. The molecule has 0 aliphatic carbocycles. The minimum Gasteiger partial charge on any atom is -0.497 e. The van der Waals surface area contributed by atoms with Crippen LogP contribution in [0.2, 0.25) is 0 Å². The molecule has 0 amide bonds. The Morgan fingerprint density at radius 3 is 2.79 bits per heavy atom. The quantitative estimate of drug-likeness (QED) is 0.525. The van der Waals surface area contributed by atoms with Gasteiger partial charge in [0.15, 0.2) is 5.11 Å². The van der Waals surface area contributed by atoms with Crippen LogP contribution in [0.15, 0.2) is 60.9 Å². The number of nitrogens with one attached hydrogen (secondary N) is 1. The summed E-state index contributed by atoms with van der Waals surface area (Å²) < 4.78 is 19.5. The molecule has 0 radical (unpaired) electrons. The average Bonchev–Trinajstić information content (AvgIpc) is 3.60. The summed E-state index contributed by atoms with van der Waals surface area (Å²) in [4.78, 5) is 6.78. The van der Waals surface area contributed by atoms with E-state index < -0.39 is 0 Å². The number of thiocarbonyl (C=S) groups is 1. The number of hydrogen-bond acceptors (Lipinski definition) is 5. The van der Waals surface area contributed by atoms with E-state index in [9.17, 15) is 0 Å². The van der Waals surface area contributed by atoms with Crippen molar-refractivity contribution in [3.8, 4) is 11.5 Å². The fraction of sp³-hybridized carbons (Fsp3) is 0.360. The van der Waals surface area contributed by atoms with Crippen molar-refractivity contribution >= 4 is 23.0 Å². The van der Waals surface area contributed by atoms with Crippen molar-refractivity contribution in [3.05, 3.63) is 72.3 Å². The van der Waals surface area contributed by atoms with Gasteiger partial charge in [0, 0.05) is 37.3 Å². The molecule has 2 aromatic heterocycles. The van der Waals surface area contributed by atoms with E-state index in [2.05, 4.69) is 38.1 Å². The van der Waals surface area contributed by atoms with Crippen molar-refractivity contribution in [2.75, 3.05) is 25.7 Å². The third-order valence-corrected chi connectivity index (χ3v) is 6.65. The molecule has 0 bridgehead atoms. The zero-order valence-electron chi connectivity index (χ0n) is 18.8. The highest BCUT2D eigenvalue weighted by Crippen LogP contribution is 2.45. The van der Waals surface area contributed by atoms with Gasteiger partial charge in [0.2, 0.25) is 0 Å². The second-order valence-electron chi connectivity index (χ2n) is 8.25. The first-order chi connectivity index (χ1) is 16.2. The first-order valence-corrected chi connectivity index (χ1v) is 11.6. The molecule has 0 spiro atoms. The number of rotatable bonds is 7. The molecule has 4 heterocycles. The van der Waals surface area contributed by atoms with E-state index >= 15 is 0 Å². The van der Waals surface area contributed by atoms with Crippen LogP contribution in [0, 0.1) is 0 Å². The molecule has 172 valence electrons. The first-order valence-electron chi connectivity index (χ1n) is 11.2. The van der Waals surface area contributed by atoms with Crippen molar-refractivity contribution in [1.82, 2.24) is 14.9 Å². The van der Waals surface area contributed by atoms with Crippen LogP contribution in [0.25, 0.3) is 0 Å². The lowest BCUT2D eigenvalue weighted by molar-refractivity contribution is 0.0961. The normalized spacial score (nSPS) is 22.4. The lowest BCUT2D eigenvalue weighted by Gasteiger charge is -2.30. The summed E-state index contributed by atoms with van der Waals surface area (Å²) in [6.07, 6.45) is 6.35. The van der Waals surface area contributed by atoms with Crippen LogP contribution in [-0.2, 0) is 11.3 Å². The van der Waals surface area contributed by atoms with Gasteiger partial charge in [0.05, 0.1) is 37.7 Å². The van der Waals surface area contributed by atoms with Gasteiger partial charge in [-0.05, 0) is 61.5 Å². The first kappa shape index (κ1) is 21.7. The molecule has 1 N–H and O–H groups in total. The van der Waals surface area contributed by atoms with Gasteiger partial charge in [-0.1, -0.05) is 6.07 Å². The molecule has 3 atom stereocenters. The van der Waals surface area contributed by atoms with Crippen molar-refractivity contribution in [1.29, 1.82) is 0 Å². The van der Waals surface area contributed by atoms with Gasteiger partial charge in [-0.25, -0.2) is 0 Å². The second kappa shape index (κ2) is 9.41. The van der Waals surface area contributed by atoms with E-state index in [-0.39, 0.29) is 18.2 Å². The largest absolute Gasteiger partial charge is 0.497 e. The van der Waals surface area contributed by atoms with Gasteiger partial charge in [-0.15, -0.1) is 0 Å². The Balaban J connectivity index is 1.62. The Bertz CT molecular complexity index is 1110. The topological polar surface area (TPSA) is 60.8 Å². The van der Waals surface area contributed by atoms with Crippen LogP contribution in [0.4, 0.5) is 5.69 Å². The van der Waals surface area contributed by atoms with Crippen LogP contribution in [-0.4, -0.2) is 41.6 Å². The van der Waals surface area contributed by atoms with Gasteiger partial charge in [-0.2, -0.15) is 0 Å². The molecule has 5 rings (SSSR count). The summed E-state index contributed by atoms with van der Waals surface area (Å²) in [6, 6.07) is 15.7. The third-order valence-electron chi connectivity index (χ3n) is 6.34. The Kier molecular flexibility index (Phi) is 6.20. The molecule has 8 heteroatoms. The van der Waals surface area contributed by atoms with Crippen molar-refractivity contribution in [2.45, 2.75) is 37.6 Å². The molecule has 1 aromatic carbocycles. The van der Waals surface area contributed by atoms with Gasteiger partial charge in [0.1, 0.15) is 17.5 Å². The lowest BCUT2D eigenvalue weighted by Crippen LogP contribution is -2.31. The number of aromatic nitrogens is 2. The second-order valence-corrected chi connectivity index (χ2v) is 8.64. The summed E-state index contributed by atoms with van der Waals surface area (Å²) in [6.45, 7) is 1.64. The van der Waals surface area contributed by atoms with E-state index in [1.54, 1.807) is 14.2 Å². The van der Waals surface area contributed by atoms with Gasteiger partial charge >= 0.3 is 0 Å². The number of nitrogens with zero attached hydrogens (tertiary/aromatic N) is 3. The van der Waals surface area contributed by atoms with Crippen LogP contribution in [0.1, 0.15) is 36.3 Å². The van der Waals surface area contributed by atoms with Crippen LogP contribution < -0.4 is 19.7 Å². The summed E-state index contributed by atoms with van der Waals surface area (Å²) in [7, 11) is 3.33. The fourth-order valence-corrected chi connectivity index (χ4v) is 5.11. The Morgan fingerprint density at radius 2 is 2.06 bits per heavy atom. The number of methoxy groups -OCH3 is 2. The molecule has 7 nitrogen and oxygen atoms in total. The molecule has 0 saturated carbocycles. The molecular weight excluding hydrogens is 436 g/mol. The molecule has 0 unspecified atom stereocenters. The maximum atomic E-state index is 5.93. The molecular formula is C25H28N4O3S. The summed E-state index contributed by atoms with van der Waals surface area (Å²) in [5, 5.41) is 4.14. The number of hydrogen-bond donors (Lipinski definition) is 1. The SMILES string of the molecule is COc1ccc(OC)c(N2C(=S)N[C@H](c3ccccn3)[C@H]2c2cccn2C[C@@H]2CCCO2)c1. The Hall–Kier alpha value is -3.10. The van der Waals surface area contributed by atoms with Crippen molar-refractivity contribution < 1.29 is 14.2 Å². The van der Waals surface area contributed by atoms with E-state index in [1.807, 2.05) is 42.6 Å². The molecule has 33 heavy (non-hydrogen) atoms. The van der Waals surface area contributed by atoms with Gasteiger partial charge in [0.25, 0.3) is 0 Å².